The summed E-state index contributed by atoms with van der Waals surface area (Å²) < 4.78 is 11.5. The fourth-order valence-corrected chi connectivity index (χ4v) is 2.30. The first-order valence-electron chi connectivity index (χ1n) is 7.84. The number of carbonyl (C=O) groups excluding carboxylic acids is 2. The number of methoxy groups -OCH3 is 1. The Balaban J connectivity index is 2.47. The van der Waals surface area contributed by atoms with E-state index in [0.29, 0.717) is 24.8 Å². The van der Waals surface area contributed by atoms with E-state index in [-0.39, 0.29) is 30.8 Å². The first-order chi connectivity index (χ1) is 10.9. The van der Waals surface area contributed by atoms with E-state index in [9.17, 15) is 9.59 Å². The van der Waals surface area contributed by atoms with E-state index in [4.69, 9.17) is 9.47 Å². The van der Waals surface area contributed by atoms with Crippen LogP contribution in [0.2, 0.25) is 0 Å². The summed E-state index contributed by atoms with van der Waals surface area (Å²) in [5.74, 6) is -0.0249. The van der Waals surface area contributed by atoms with Gasteiger partial charge < -0.3 is 14.8 Å². The minimum absolute atomic E-state index is 0.0395. The summed E-state index contributed by atoms with van der Waals surface area (Å²) in [7, 11) is 3.32. The Bertz CT molecular complexity index is 499. The number of hydrogen-bond donors (Lipinski definition) is 1. The predicted octanol–water partition coefficient (Wildman–Crippen LogP) is 1.39. The van der Waals surface area contributed by atoms with Crippen molar-refractivity contribution < 1.29 is 19.1 Å². The second-order valence-corrected chi connectivity index (χ2v) is 6.00. The second kappa shape index (κ2) is 9.99. The average molecular weight is 325 g/mol. The van der Waals surface area contributed by atoms with Crippen LogP contribution < -0.4 is 5.32 Å². The molecule has 130 valence electrons. The molecule has 1 rings (SSSR count). The molecule has 23 heavy (non-hydrogen) atoms. The molecule has 1 N–H and O–H groups in total. The molecule has 0 bridgehead atoms. The van der Waals surface area contributed by atoms with Gasteiger partial charge in [0.2, 0.25) is 0 Å². The molecule has 0 saturated heterocycles. The fourth-order valence-electron chi connectivity index (χ4n) is 2.30. The summed E-state index contributed by atoms with van der Waals surface area (Å²) in [6.07, 6.45) is 2.83. The van der Waals surface area contributed by atoms with Gasteiger partial charge in [0.05, 0.1) is 13.0 Å². The zero-order valence-electron chi connectivity index (χ0n) is 14.4. The van der Waals surface area contributed by atoms with Crippen molar-refractivity contribution in [1.82, 2.24) is 15.1 Å². The Labute approximate surface area is 137 Å². The summed E-state index contributed by atoms with van der Waals surface area (Å²) in [5.41, 5.74) is 0.374. The predicted molar refractivity (Wildman–Crippen MR) is 85.9 cm³/mol. The van der Waals surface area contributed by atoms with Crippen LogP contribution in [0.1, 0.15) is 37.2 Å². The van der Waals surface area contributed by atoms with Crippen molar-refractivity contribution in [3.05, 3.63) is 18.0 Å². The standard InChI is InChI=1S/C16H27N3O4/c1-12(2)9-13(10-15(20)23-8-7-22-4)11-17-16(21)14-5-6-19(3)18-14/h5-6,12-13H,7-11H2,1-4H3,(H,17,21)/t13-/m0/s1. The highest BCUT2D eigenvalue weighted by atomic mass is 16.6. The summed E-state index contributed by atoms with van der Waals surface area (Å²) >= 11 is 0. The highest BCUT2D eigenvalue weighted by Gasteiger charge is 2.18. The normalized spacial score (nSPS) is 12.2. The van der Waals surface area contributed by atoms with E-state index in [1.54, 1.807) is 31.1 Å². The molecular formula is C16H27N3O4. The van der Waals surface area contributed by atoms with Gasteiger partial charge in [0.25, 0.3) is 5.91 Å². The van der Waals surface area contributed by atoms with Crippen LogP contribution in [0, 0.1) is 11.8 Å². The van der Waals surface area contributed by atoms with Crippen LogP contribution >= 0.6 is 0 Å². The minimum Gasteiger partial charge on any atom is -0.463 e. The molecule has 0 unspecified atom stereocenters. The number of carbonyl (C=O) groups is 2. The van der Waals surface area contributed by atoms with Crippen LogP contribution in [-0.4, -0.2) is 48.5 Å². The molecule has 0 fully saturated rings. The van der Waals surface area contributed by atoms with Crippen molar-refractivity contribution in [2.45, 2.75) is 26.7 Å². The molecule has 0 aromatic carbocycles. The van der Waals surface area contributed by atoms with E-state index in [1.807, 2.05) is 0 Å². The largest absolute Gasteiger partial charge is 0.463 e. The van der Waals surface area contributed by atoms with Crippen molar-refractivity contribution in [2.75, 3.05) is 26.9 Å². The van der Waals surface area contributed by atoms with Crippen LogP contribution in [0.5, 0.6) is 0 Å². The minimum atomic E-state index is -0.264. The van der Waals surface area contributed by atoms with Gasteiger partial charge in [-0.3, -0.25) is 14.3 Å². The molecule has 7 nitrogen and oxygen atoms in total. The molecule has 0 spiro atoms. The van der Waals surface area contributed by atoms with Gasteiger partial charge in [-0.25, -0.2) is 0 Å². The molecule has 0 aliphatic carbocycles. The topological polar surface area (TPSA) is 82.5 Å². The number of nitrogens with zero attached hydrogens (tertiary/aromatic N) is 2. The number of esters is 1. The monoisotopic (exact) mass is 325 g/mol. The maximum absolute atomic E-state index is 12.0. The van der Waals surface area contributed by atoms with E-state index in [2.05, 4.69) is 24.3 Å². The molecule has 1 amide bonds. The SMILES string of the molecule is COCCOC(=O)C[C@@H](CNC(=O)c1ccn(C)n1)CC(C)C. The van der Waals surface area contributed by atoms with Gasteiger partial charge in [0.15, 0.2) is 0 Å². The quantitative estimate of drug-likeness (QED) is 0.519. The number of aryl methyl sites for hydroxylation is 1. The summed E-state index contributed by atoms with van der Waals surface area (Å²) in [6.45, 7) is 5.24. The zero-order chi connectivity index (χ0) is 17.2. The van der Waals surface area contributed by atoms with Crippen LogP contribution in [0.25, 0.3) is 0 Å². The summed E-state index contributed by atoms with van der Waals surface area (Å²) in [5, 5.41) is 6.90. The van der Waals surface area contributed by atoms with Gasteiger partial charge in [-0.2, -0.15) is 5.10 Å². The summed E-state index contributed by atoms with van der Waals surface area (Å²) in [6, 6.07) is 1.66. The second-order valence-electron chi connectivity index (χ2n) is 6.00. The van der Waals surface area contributed by atoms with Gasteiger partial charge in [-0.1, -0.05) is 13.8 Å². The lowest BCUT2D eigenvalue weighted by Crippen LogP contribution is -2.31. The van der Waals surface area contributed by atoms with Gasteiger partial charge in [0, 0.05) is 26.9 Å². The molecule has 1 aromatic rings. The van der Waals surface area contributed by atoms with Crippen molar-refractivity contribution in [1.29, 1.82) is 0 Å². The van der Waals surface area contributed by atoms with Gasteiger partial charge in [-0.05, 0) is 24.3 Å². The average Bonchev–Trinajstić information content (AvgIpc) is 2.91. The van der Waals surface area contributed by atoms with E-state index in [0.717, 1.165) is 6.42 Å². The highest BCUT2D eigenvalue weighted by Crippen LogP contribution is 2.15. The van der Waals surface area contributed by atoms with E-state index in [1.165, 1.54) is 0 Å². The third-order valence-electron chi connectivity index (χ3n) is 3.31. The van der Waals surface area contributed by atoms with Crippen LogP contribution in [-0.2, 0) is 21.3 Å². The van der Waals surface area contributed by atoms with Crippen molar-refractivity contribution in [2.24, 2.45) is 18.9 Å². The first-order valence-corrected chi connectivity index (χ1v) is 7.84. The molecule has 0 saturated carbocycles. The Kier molecular flexibility index (Phi) is 8.32. The molecule has 1 aromatic heterocycles. The number of amides is 1. The lowest BCUT2D eigenvalue weighted by Gasteiger charge is -2.18. The van der Waals surface area contributed by atoms with Crippen molar-refractivity contribution in [3.63, 3.8) is 0 Å². The molecule has 0 aliphatic rings. The smallest absolute Gasteiger partial charge is 0.306 e. The molecular weight excluding hydrogens is 298 g/mol. The maximum atomic E-state index is 12.0. The fraction of sp³-hybridized carbons (Fsp3) is 0.688. The zero-order valence-corrected chi connectivity index (χ0v) is 14.4. The van der Waals surface area contributed by atoms with Gasteiger partial charge in [-0.15, -0.1) is 0 Å². The van der Waals surface area contributed by atoms with Crippen molar-refractivity contribution in [3.8, 4) is 0 Å². The van der Waals surface area contributed by atoms with E-state index < -0.39 is 0 Å². The van der Waals surface area contributed by atoms with Gasteiger partial charge >= 0.3 is 5.97 Å². The van der Waals surface area contributed by atoms with Crippen LogP contribution in [0.3, 0.4) is 0 Å². The molecule has 0 aliphatic heterocycles. The number of aromatic nitrogens is 2. The number of rotatable bonds is 10. The third kappa shape index (κ3) is 7.78. The molecule has 1 heterocycles. The Hall–Kier alpha value is -1.89. The number of ether oxygens (including phenoxy) is 2. The maximum Gasteiger partial charge on any atom is 0.306 e. The third-order valence-corrected chi connectivity index (χ3v) is 3.31. The molecule has 0 radical (unpaired) electrons. The van der Waals surface area contributed by atoms with E-state index >= 15 is 0 Å². The Morgan fingerprint density at radius 3 is 2.65 bits per heavy atom. The van der Waals surface area contributed by atoms with Crippen LogP contribution in [0.4, 0.5) is 0 Å². The number of nitrogens with one attached hydrogen (secondary N) is 1. The Morgan fingerprint density at radius 2 is 2.09 bits per heavy atom. The van der Waals surface area contributed by atoms with Gasteiger partial charge in [0.1, 0.15) is 12.3 Å². The summed E-state index contributed by atoms with van der Waals surface area (Å²) in [4.78, 5) is 23.8. The lowest BCUT2D eigenvalue weighted by atomic mass is 9.94. The number of hydrogen-bond acceptors (Lipinski definition) is 5. The molecule has 1 atom stereocenters. The Morgan fingerprint density at radius 1 is 1.35 bits per heavy atom. The lowest BCUT2D eigenvalue weighted by molar-refractivity contribution is -0.146. The van der Waals surface area contributed by atoms with Crippen molar-refractivity contribution >= 4 is 11.9 Å². The molecule has 7 heteroatoms. The van der Waals surface area contributed by atoms with Crippen LogP contribution in [0.15, 0.2) is 12.3 Å². The highest BCUT2D eigenvalue weighted by molar-refractivity contribution is 5.92. The first kappa shape index (κ1) is 19.2.